The van der Waals surface area contributed by atoms with Gasteiger partial charge in [-0.05, 0) is 54.9 Å². The first kappa shape index (κ1) is 25.2. The van der Waals surface area contributed by atoms with E-state index in [0.717, 1.165) is 24.8 Å². The average Bonchev–Trinajstić information content (AvgIpc) is 3.36. The molecule has 1 aromatic carbocycles. The third kappa shape index (κ3) is 3.10. The van der Waals surface area contributed by atoms with Crippen molar-refractivity contribution in [2.75, 3.05) is 0 Å². The summed E-state index contributed by atoms with van der Waals surface area (Å²) in [6.07, 6.45) is 6.08. The first-order valence-corrected chi connectivity index (χ1v) is 13.5. The average molecular weight is 500 g/mol. The number of nitrogens with zero attached hydrogens (tertiary/aromatic N) is 1. The van der Waals surface area contributed by atoms with Gasteiger partial charge in [-0.2, -0.15) is 0 Å². The number of aliphatic hydroxyl groups is 1. The molecule has 7 heteroatoms. The van der Waals surface area contributed by atoms with E-state index in [4.69, 9.17) is 4.74 Å². The monoisotopic (exact) mass is 499 g/mol. The van der Waals surface area contributed by atoms with Gasteiger partial charge >= 0.3 is 5.97 Å². The van der Waals surface area contributed by atoms with Crippen molar-refractivity contribution in [3.8, 4) is 17.4 Å². The molecule has 2 aromatic rings. The van der Waals surface area contributed by atoms with Crippen molar-refractivity contribution in [2.24, 2.45) is 28.6 Å². The predicted octanol–water partition coefficient (Wildman–Crippen LogP) is 5.63. The van der Waals surface area contributed by atoms with E-state index in [1.54, 1.807) is 12.3 Å². The molecule has 7 nitrogen and oxygen atoms in total. The number of hydrogen-bond acceptors (Lipinski definition) is 5. The number of aliphatic carboxylic acids is 1. The van der Waals surface area contributed by atoms with Crippen molar-refractivity contribution in [3.63, 3.8) is 0 Å². The lowest BCUT2D eigenvalue weighted by atomic mass is 9.43. The highest BCUT2D eigenvalue weighted by molar-refractivity contribution is 5.96. The number of benzene rings is 1. The molecule has 1 aromatic heterocycles. The van der Waals surface area contributed by atoms with Crippen molar-refractivity contribution in [1.29, 1.82) is 0 Å². The van der Waals surface area contributed by atoms with Crippen LogP contribution in [-0.4, -0.2) is 42.7 Å². The van der Waals surface area contributed by atoms with E-state index in [-0.39, 0.29) is 46.3 Å². The summed E-state index contributed by atoms with van der Waals surface area (Å²) >= 11 is 0. The minimum absolute atomic E-state index is 0.0749. The zero-order valence-corrected chi connectivity index (χ0v) is 22.3. The SMILES string of the molecule is CCC(C)C(C(=O)O)n1cc2c3c(c(O)cc2c1O)CC1(O3)C(C)CCC2C(C)(C)C(O)CCC21C. The molecule has 2 fully saturated rings. The van der Waals surface area contributed by atoms with Crippen molar-refractivity contribution >= 4 is 16.7 Å². The molecule has 0 bridgehead atoms. The number of ether oxygens (including phenoxy) is 1. The van der Waals surface area contributed by atoms with E-state index >= 15 is 0 Å². The van der Waals surface area contributed by atoms with E-state index in [9.17, 15) is 25.2 Å². The van der Waals surface area contributed by atoms with Gasteiger partial charge in [0.2, 0.25) is 0 Å². The number of phenols is 1. The van der Waals surface area contributed by atoms with E-state index in [2.05, 4.69) is 27.7 Å². The van der Waals surface area contributed by atoms with E-state index in [1.807, 2.05) is 13.8 Å². The molecule has 1 aliphatic heterocycles. The summed E-state index contributed by atoms with van der Waals surface area (Å²) < 4.78 is 8.45. The van der Waals surface area contributed by atoms with Gasteiger partial charge in [0.05, 0.1) is 11.5 Å². The lowest BCUT2D eigenvalue weighted by Gasteiger charge is -2.64. The third-order valence-corrected chi connectivity index (χ3v) is 10.7. The smallest absolute Gasteiger partial charge is 0.327 e. The lowest BCUT2D eigenvalue weighted by Crippen LogP contribution is -2.66. The predicted molar refractivity (Wildman–Crippen MR) is 137 cm³/mol. The van der Waals surface area contributed by atoms with Crippen molar-refractivity contribution < 1.29 is 30.0 Å². The first-order chi connectivity index (χ1) is 16.8. The molecule has 2 aliphatic carbocycles. The minimum atomic E-state index is -1.00. The summed E-state index contributed by atoms with van der Waals surface area (Å²) in [5.74, 6) is -0.236. The van der Waals surface area contributed by atoms with Gasteiger partial charge in [0.1, 0.15) is 23.1 Å². The van der Waals surface area contributed by atoms with Gasteiger partial charge in [-0.3, -0.25) is 0 Å². The van der Waals surface area contributed by atoms with Crippen LogP contribution in [0, 0.1) is 28.6 Å². The third-order valence-electron chi connectivity index (χ3n) is 10.7. The molecule has 0 saturated heterocycles. The Morgan fingerprint density at radius 1 is 1.19 bits per heavy atom. The van der Waals surface area contributed by atoms with Crippen LogP contribution in [0.3, 0.4) is 0 Å². The quantitative estimate of drug-likeness (QED) is 0.434. The second-order valence-electron chi connectivity index (χ2n) is 12.7. The topological polar surface area (TPSA) is 112 Å². The number of aromatic nitrogens is 1. The molecule has 5 rings (SSSR count). The Morgan fingerprint density at radius 3 is 2.53 bits per heavy atom. The van der Waals surface area contributed by atoms with Crippen LogP contribution < -0.4 is 4.74 Å². The standard InChI is InChI=1S/C29H41NO6/c1-7-15(2)23(26(34)35)30-14-19-17(25(30)33)12-20(31)18-13-29(36-24(18)19)16(3)8-9-21-27(4,5)22(32)10-11-28(21,29)6/h12,14-16,21-23,31-33H,7-11,13H2,1-6H3,(H,34,35). The molecule has 2 saturated carbocycles. The van der Waals surface area contributed by atoms with E-state index < -0.39 is 17.6 Å². The maximum Gasteiger partial charge on any atom is 0.327 e. The molecule has 3 aliphatic rings. The van der Waals surface area contributed by atoms with Gasteiger partial charge in [0.15, 0.2) is 5.88 Å². The van der Waals surface area contributed by atoms with Gasteiger partial charge in [-0.1, -0.05) is 48.0 Å². The number of carboxylic acids is 1. The zero-order valence-electron chi connectivity index (χ0n) is 22.3. The number of carboxylic acid groups (broad SMARTS) is 1. The second kappa shape index (κ2) is 8.04. The number of aliphatic hydroxyl groups excluding tert-OH is 1. The molecule has 2 heterocycles. The van der Waals surface area contributed by atoms with Crippen LogP contribution in [-0.2, 0) is 11.2 Å². The summed E-state index contributed by atoms with van der Waals surface area (Å²) in [7, 11) is 0. The minimum Gasteiger partial charge on any atom is -0.508 e. The fourth-order valence-corrected chi connectivity index (χ4v) is 8.23. The van der Waals surface area contributed by atoms with Crippen LogP contribution in [0.2, 0.25) is 0 Å². The summed E-state index contributed by atoms with van der Waals surface area (Å²) in [5, 5.41) is 44.1. The number of rotatable bonds is 4. The van der Waals surface area contributed by atoms with Gasteiger partial charge in [0.25, 0.3) is 0 Å². The van der Waals surface area contributed by atoms with E-state index in [0.29, 0.717) is 35.8 Å². The molecule has 36 heavy (non-hydrogen) atoms. The molecule has 0 radical (unpaired) electrons. The van der Waals surface area contributed by atoms with Crippen LogP contribution in [0.1, 0.15) is 85.3 Å². The summed E-state index contributed by atoms with van der Waals surface area (Å²) in [5.41, 5.74) is -0.284. The summed E-state index contributed by atoms with van der Waals surface area (Å²) in [6, 6.07) is 0.631. The van der Waals surface area contributed by atoms with Crippen molar-refractivity contribution in [1.82, 2.24) is 4.57 Å². The first-order valence-electron chi connectivity index (χ1n) is 13.5. The van der Waals surface area contributed by atoms with Crippen LogP contribution >= 0.6 is 0 Å². The highest BCUT2D eigenvalue weighted by Crippen LogP contribution is 2.67. The van der Waals surface area contributed by atoms with Crippen LogP contribution in [0.15, 0.2) is 12.3 Å². The highest BCUT2D eigenvalue weighted by Gasteiger charge is 2.67. The molecular formula is C29H41NO6. The van der Waals surface area contributed by atoms with Gasteiger partial charge in [-0.25, -0.2) is 4.79 Å². The summed E-state index contributed by atoms with van der Waals surface area (Å²) in [4.78, 5) is 12.2. The Bertz CT molecular complexity index is 1220. The van der Waals surface area contributed by atoms with Crippen LogP contribution in [0.4, 0.5) is 0 Å². The van der Waals surface area contributed by atoms with E-state index in [1.165, 1.54) is 4.57 Å². The highest BCUT2D eigenvalue weighted by atomic mass is 16.5. The molecular weight excluding hydrogens is 458 g/mol. The van der Waals surface area contributed by atoms with Crippen molar-refractivity contribution in [3.05, 3.63) is 17.8 Å². The largest absolute Gasteiger partial charge is 0.508 e. The Labute approximate surface area is 213 Å². The maximum absolute atomic E-state index is 12.2. The van der Waals surface area contributed by atoms with Gasteiger partial charge in [-0.15, -0.1) is 0 Å². The molecule has 4 N–H and O–H groups in total. The van der Waals surface area contributed by atoms with Gasteiger partial charge in [0, 0.05) is 29.0 Å². The normalized spacial score (nSPS) is 34.7. The molecule has 7 unspecified atom stereocenters. The Hall–Kier alpha value is -2.41. The number of hydrogen-bond donors (Lipinski definition) is 4. The van der Waals surface area contributed by atoms with Crippen LogP contribution in [0.25, 0.3) is 10.8 Å². The summed E-state index contributed by atoms with van der Waals surface area (Å²) in [6.45, 7) is 12.7. The number of phenolic OH excluding ortho intramolecular Hbond substituents is 1. The number of carbonyl (C=O) groups is 1. The Balaban J connectivity index is 1.67. The number of aromatic hydroxyl groups is 2. The van der Waals surface area contributed by atoms with Crippen molar-refractivity contribution in [2.45, 2.75) is 97.8 Å². The Kier molecular flexibility index (Phi) is 5.64. The Morgan fingerprint density at radius 2 is 1.89 bits per heavy atom. The lowest BCUT2D eigenvalue weighted by molar-refractivity contribution is -0.210. The fraction of sp³-hybridized carbons (Fsp3) is 0.690. The molecule has 198 valence electrons. The van der Waals surface area contributed by atoms with Gasteiger partial charge < -0.3 is 29.7 Å². The zero-order chi connectivity index (χ0) is 26.4. The molecule has 7 atom stereocenters. The molecule has 1 spiro atoms. The molecule has 0 amide bonds. The fourth-order valence-electron chi connectivity index (χ4n) is 8.23. The number of fused-ring (bicyclic) bond motifs is 5. The maximum atomic E-state index is 12.2. The second-order valence-corrected chi connectivity index (χ2v) is 12.7. The van der Waals surface area contributed by atoms with Crippen LogP contribution in [0.5, 0.6) is 17.4 Å².